The van der Waals surface area contributed by atoms with Crippen molar-refractivity contribution in [2.75, 3.05) is 36.6 Å². The standard InChI is InChI=1S/C39H40Cl4N8O11S3/c1-3-4-11-61-34-21-32(50-48-26-6-8-28(40)23(2)15-26)30(42)16-24(34)18-37-45-38(47-39(46-37)44-10-14-64(55,56)57)19-25-17-31(43)33(22-35(25)62-12-5-13-63(52,53)54)51-49-27-7-9-29(41)36(20-27)65(58,59)60/h6-9,15-17,20-22H,3-5,10-14,18-19H2,1-2H3,(H,52,53,54)(H,55,56,57)(H,58,59,60)(H,44,45,46,47). The van der Waals surface area contributed by atoms with Gasteiger partial charge in [-0.05, 0) is 73.9 Å². The van der Waals surface area contributed by atoms with Crippen LogP contribution in [0.3, 0.4) is 0 Å². The molecule has 0 bridgehead atoms. The van der Waals surface area contributed by atoms with Gasteiger partial charge in [0.2, 0.25) is 5.95 Å². The summed E-state index contributed by atoms with van der Waals surface area (Å²) in [5, 5.41) is 20.2. The molecular formula is C39H40Cl4N8O11S3. The average Bonchev–Trinajstić information content (AvgIpc) is 3.20. The maximum absolute atomic E-state index is 11.8. The van der Waals surface area contributed by atoms with Gasteiger partial charge in [-0.2, -0.15) is 45.4 Å². The van der Waals surface area contributed by atoms with Crippen molar-refractivity contribution in [1.29, 1.82) is 0 Å². The van der Waals surface area contributed by atoms with Crippen molar-refractivity contribution in [2.24, 2.45) is 20.5 Å². The summed E-state index contributed by atoms with van der Waals surface area (Å²) in [5.41, 5.74) is 2.59. The summed E-state index contributed by atoms with van der Waals surface area (Å²) >= 11 is 25.5. The molecule has 5 aromatic rings. The molecule has 0 aliphatic heterocycles. The van der Waals surface area contributed by atoms with Gasteiger partial charge in [0.25, 0.3) is 30.4 Å². The molecule has 4 N–H and O–H groups in total. The Morgan fingerprint density at radius 2 is 1.12 bits per heavy atom. The van der Waals surface area contributed by atoms with Crippen LogP contribution in [0.25, 0.3) is 0 Å². The topological polar surface area (TPSA) is 282 Å². The van der Waals surface area contributed by atoms with Crippen LogP contribution in [0.5, 0.6) is 11.5 Å². The van der Waals surface area contributed by atoms with E-state index >= 15 is 0 Å². The highest BCUT2D eigenvalue weighted by Crippen LogP contribution is 2.38. The Morgan fingerprint density at radius 3 is 1.62 bits per heavy atom. The first-order valence-corrected chi connectivity index (χ1v) is 25.4. The monoisotopic (exact) mass is 1030 g/mol. The van der Waals surface area contributed by atoms with Crippen LogP contribution in [0.4, 0.5) is 28.7 Å². The van der Waals surface area contributed by atoms with Crippen LogP contribution in [0.2, 0.25) is 20.1 Å². The first-order chi connectivity index (χ1) is 30.6. The van der Waals surface area contributed by atoms with Crippen LogP contribution in [0.1, 0.15) is 54.5 Å². The predicted octanol–water partition coefficient (Wildman–Crippen LogP) is 10.2. The molecule has 0 atom stereocenters. The van der Waals surface area contributed by atoms with Gasteiger partial charge in [-0.1, -0.05) is 59.7 Å². The molecule has 0 aliphatic rings. The van der Waals surface area contributed by atoms with E-state index < -0.39 is 46.8 Å². The number of rotatable bonds is 22. The maximum atomic E-state index is 11.8. The van der Waals surface area contributed by atoms with Crippen molar-refractivity contribution in [3.05, 3.63) is 109 Å². The molecule has 19 nitrogen and oxygen atoms in total. The first kappa shape index (κ1) is 51.4. The number of unbranched alkanes of at least 4 members (excludes halogenated alkanes) is 1. The number of benzene rings is 4. The maximum Gasteiger partial charge on any atom is 0.296 e. The lowest BCUT2D eigenvalue weighted by Crippen LogP contribution is -2.18. The number of hydrogen-bond donors (Lipinski definition) is 4. The van der Waals surface area contributed by atoms with Crippen molar-refractivity contribution < 1.29 is 48.4 Å². The zero-order valence-corrected chi connectivity index (χ0v) is 39.8. The fourth-order valence-electron chi connectivity index (χ4n) is 5.62. The molecule has 1 heterocycles. The van der Waals surface area contributed by atoms with E-state index in [0.717, 1.165) is 24.5 Å². The van der Waals surface area contributed by atoms with Crippen LogP contribution in [-0.4, -0.2) is 85.1 Å². The lowest BCUT2D eigenvalue weighted by atomic mass is 10.1. The van der Waals surface area contributed by atoms with Gasteiger partial charge < -0.3 is 14.8 Å². The van der Waals surface area contributed by atoms with Crippen molar-refractivity contribution >= 4 is 105 Å². The first-order valence-electron chi connectivity index (χ1n) is 19.2. The van der Waals surface area contributed by atoms with Crippen LogP contribution in [-0.2, 0) is 43.2 Å². The molecule has 4 aromatic carbocycles. The lowest BCUT2D eigenvalue weighted by Gasteiger charge is -2.15. The Morgan fingerprint density at radius 1 is 0.615 bits per heavy atom. The molecule has 0 fully saturated rings. The molecule has 0 spiro atoms. The third-order valence-corrected chi connectivity index (χ3v) is 12.7. The van der Waals surface area contributed by atoms with Crippen molar-refractivity contribution in [3.8, 4) is 11.5 Å². The number of azo groups is 2. The van der Waals surface area contributed by atoms with Crippen LogP contribution >= 0.6 is 46.4 Å². The molecule has 0 aliphatic carbocycles. The Hall–Kier alpha value is -4.62. The molecule has 1 aromatic heterocycles. The minimum Gasteiger partial charge on any atom is -0.493 e. The number of ether oxygens (including phenoxy) is 2. The van der Waals surface area contributed by atoms with Crippen molar-refractivity contribution in [3.63, 3.8) is 0 Å². The van der Waals surface area contributed by atoms with Gasteiger partial charge in [0.05, 0.1) is 51.2 Å². The van der Waals surface area contributed by atoms with Gasteiger partial charge in [0.15, 0.2) is 0 Å². The molecular weight excluding hydrogens is 994 g/mol. The second-order valence-electron chi connectivity index (χ2n) is 14.0. The number of halogens is 4. The normalized spacial score (nSPS) is 12.3. The molecule has 0 saturated carbocycles. The minimum absolute atomic E-state index is 0.0144. The second kappa shape index (κ2) is 22.7. The van der Waals surface area contributed by atoms with Gasteiger partial charge in [-0.15, -0.1) is 10.2 Å². The lowest BCUT2D eigenvalue weighted by molar-refractivity contribution is 0.306. The van der Waals surface area contributed by atoms with E-state index in [4.69, 9.17) is 55.9 Å². The van der Waals surface area contributed by atoms with Gasteiger partial charge in [0, 0.05) is 47.7 Å². The molecule has 65 heavy (non-hydrogen) atoms. The number of aryl methyl sites for hydroxylation is 1. The number of anilines is 1. The zero-order valence-electron chi connectivity index (χ0n) is 34.3. The fraction of sp³-hybridized carbons (Fsp3) is 0.308. The van der Waals surface area contributed by atoms with Crippen LogP contribution < -0.4 is 14.8 Å². The summed E-state index contributed by atoms with van der Waals surface area (Å²) in [5.74, 6) is -0.530. The Balaban J connectivity index is 1.53. The summed E-state index contributed by atoms with van der Waals surface area (Å²) < 4.78 is 110. The quantitative estimate of drug-likeness (QED) is 0.0285. The molecule has 0 radical (unpaired) electrons. The van der Waals surface area contributed by atoms with E-state index in [0.29, 0.717) is 39.9 Å². The molecule has 348 valence electrons. The highest BCUT2D eigenvalue weighted by atomic mass is 35.5. The second-order valence-corrected chi connectivity index (χ2v) is 20.2. The average molecular weight is 1030 g/mol. The Bertz CT molecular complexity index is 2950. The van der Waals surface area contributed by atoms with Crippen molar-refractivity contribution in [1.82, 2.24) is 15.0 Å². The van der Waals surface area contributed by atoms with E-state index in [-0.39, 0.29) is 82.2 Å². The third kappa shape index (κ3) is 16.3. The van der Waals surface area contributed by atoms with Gasteiger partial charge >= 0.3 is 0 Å². The summed E-state index contributed by atoms with van der Waals surface area (Å²) in [6.07, 6.45) is 1.36. The van der Waals surface area contributed by atoms with Crippen molar-refractivity contribution in [2.45, 2.75) is 50.8 Å². The molecule has 0 amide bonds. The Labute approximate surface area is 394 Å². The molecule has 0 saturated heterocycles. The predicted molar refractivity (Wildman–Crippen MR) is 246 cm³/mol. The number of nitrogens with one attached hydrogen (secondary N) is 1. The number of hydrogen-bond acceptors (Lipinski definition) is 16. The molecule has 26 heteroatoms. The van der Waals surface area contributed by atoms with E-state index in [1.54, 1.807) is 30.3 Å². The Kier molecular flexibility index (Phi) is 18.0. The minimum atomic E-state index is -4.69. The van der Waals surface area contributed by atoms with E-state index in [1.165, 1.54) is 24.3 Å². The number of nitrogens with zero attached hydrogens (tertiary/aromatic N) is 7. The summed E-state index contributed by atoms with van der Waals surface area (Å²) in [6, 6.07) is 14.8. The number of aromatic nitrogens is 3. The molecule has 5 rings (SSSR count). The summed E-state index contributed by atoms with van der Waals surface area (Å²) in [6.45, 7) is 3.72. The van der Waals surface area contributed by atoms with Crippen LogP contribution in [0, 0.1) is 6.92 Å². The van der Waals surface area contributed by atoms with Gasteiger partial charge in [-0.3, -0.25) is 13.7 Å². The highest BCUT2D eigenvalue weighted by Gasteiger charge is 2.19. The van der Waals surface area contributed by atoms with Crippen LogP contribution in [0.15, 0.2) is 86.0 Å². The fourth-order valence-corrected chi connectivity index (χ4v) is 8.02. The van der Waals surface area contributed by atoms with E-state index in [1.807, 2.05) is 13.8 Å². The molecule has 0 unspecified atom stereocenters. The highest BCUT2D eigenvalue weighted by molar-refractivity contribution is 7.86. The van der Waals surface area contributed by atoms with E-state index in [2.05, 4.69) is 40.7 Å². The summed E-state index contributed by atoms with van der Waals surface area (Å²) in [4.78, 5) is 13.0. The van der Waals surface area contributed by atoms with E-state index in [9.17, 15) is 38.9 Å². The SMILES string of the molecule is CCCCOc1cc(N=Nc2ccc(Cl)c(C)c2)c(Cl)cc1Cc1nc(Cc2cc(Cl)c(N=Nc3ccc(Cl)c(S(=O)(=O)O)c3)cc2OCCCS(=O)(=O)O)nc(NCCS(=O)(=O)O)n1. The largest absolute Gasteiger partial charge is 0.493 e. The third-order valence-electron chi connectivity index (χ3n) is 8.77. The smallest absolute Gasteiger partial charge is 0.296 e. The summed E-state index contributed by atoms with van der Waals surface area (Å²) in [7, 11) is -13.4. The van der Waals surface area contributed by atoms with Gasteiger partial charge in [0.1, 0.15) is 39.4 Å². The van der Waals surface area contributed by atoms with Gasteiger partial charge in [-0.25, -0.2) is 4.98 Å². The zero-order chi connectivity index (χ0) is 47.5.